The second kappa shape index (κ2) is 10.6. The first-order valence-corrected chi connectivity index (χ1v) is 12.4. The molecule has 0 spiro atoms. The van der Waals surface area contributed by atoms with E-state index in [2.05, 4.69) is 22.1 Å². The summed E-state index contributed by atoms with van der Waals surface area (Å²) in [7, 11) is 1.64. The minimum absolute atomic E-state index is 0.0244. The maximum Gasteiger partial charge on any atom is 0.270 e. The van der Waals surface area contributed by atoms with Crippen LogP contribution in [0.5, 0.6) is 5.75 Å². The molecule has 0 saturated carbocycles. The monoisotopic (exact) mass is 454 g/mol. The number of nitrogens with one attached hydrogen (secondary N) is 2. The Labute approximate surface area is 196 Å². The van der Waals surface area contributed by atoms with E-state index in [0.717, 1.165) is 49.1 Å². The molecule has 2 aliphatic heterocycles. The Kier molecular flexibility index (Phi) is 7.58. The van der Waals surface area contributed by atoms with Crippen molar-refractivity contribution < 1.29 is 14.3 Å². The highest BCUT2D eigenvalue weighted by Crippen LogP contribution is 2.27. The summed E-state index contributed by atoms with van der Waals surface area (Å²) in [5, 5.41) is 4.15. The van der Waals surface area contributed by atoms with Gasteiger partial charge in [-0.15, -0.1) is 0 Å². The minimum Gasteiger partial charge on any atom is -0.497 e. The minimum atomic E-state index is -0.0263. The molecule has 2 aromatic rings. The quantitative estimate of drug-likeness (QED) is 0.669. The number of carbonyl (C=O) groups is 2. The fourth-order valence-corrected chi connectivity index (χ4v) is 5.31. The lowest BCUT2D eigenvalue weighted by Crippen LogP contribution is -2.45. The van der Waals surface area contributed by atoms with Crippen molar-refractivity contribution in [3.8, 4) is 5.75 Å². The van der Waals surface area contributed by atoms with E-state index in [-0.39, 0.29) is 17.7 Å². The maximum absolute atomic E-state index is 13.0. The number of hydrogen-bond acceptors (Lipinski definition) is 4. The number of aromatic nitrogens is 1. The first-order chi connectivity index (χ1) is 16.0. The summed E-state index contributed by atoms with van der Waals surface area (Å²) in [6, 6.07) is 8.29. The SMILES string of the molecule is COc1ccc2cc(C(=O)N3CCC(C(C)C(=O)NCCN4CCCCC4C)CC3)[nH]c2c1. The Balaban J connectivity index is 1.24. The Morgan fingerprint density at radius 3 is 2.67 bits per heavy atom. The number of carbonyl (C=O) groups excluding carboxylic acids is 2. The van der Waals surface area contributed by atoms with E-state index in [1.54, 1.807) is 7.11 Å². The zero-order valence-corrected chi connectivity index (χ0v) is 20.2. The first-order valence-electron chi connectivity index (χ1n) is 12.4. The molecule has 180 valence electrons. The number of likely N-dealkylation sites (tertiary alicyclic amines) is 2. The molecule has 7 nitrogen and oxygen atoms in total. The highest BCUT2D eigenvalue weighted by molar-refractivity contribution is 5.98. The standard InChI is InChI=1S/C26H38N4O3/c1-18-6-4-5-12-29(18)15-11-27-25(31)19(2)20-9-13-30(14-10-20)26(32)24-16-21-7-8-22(33-3)17-23(21)28-24/h7-8,16-20,28H,4-6,9-15H2,1-3H3,(H,27,31). The second-order valence-corrected chi connectivity index (χ2v) is 9.73. The normalized spacial score (nSPS) is 21.2. The molecule has 4 rings (SSSR count). The van der Waals surface area contributed by atoms with Gasteiger partial charge in [-0.2, -0.15) is 0 Å². The molecular weight excluding hydrogens is 416 g/mol. The summed E-state index contributed by atoms with van der Waals surface area (Å²) in [4.78, 5) is 33.4. The largest absolute Gasteiger partial charge is 0.497 e. The summed E-state index contributed by atoms with van der Waals surface area (Å²) < 4.78 is 5.27. The number of aromatic amines is 1. The number of fused-ring (bicyclic) bond motifs is 1. The van der Waals surface area contributed by atoms with Gasteiger partial charge in [-0.3, -0.25) is 14.5 Å². The van der Waals surface area contributed by atoms with Gasteiger partial charge in [0.25, 0.3) is 5.91 Å². The molecule has 33 heavy (non-hydrogen) atoms. The van der Waals surface area contributed by atoms with E-state index in [0.29, 0.717) is 30.7 Å². The Morgan fingerprint density at radius 2 is 1.94 bits per heavy atom. The zero-order valence-electron chi connectivity index (χ0n) is 20.2. The highest BCUT2D eigenvalue weighted by atomic mass is 16.5. The molecule has 7 heteroatoms. The van der Waals surface area contributed by atoms with Gasteiger partial charge in [0.05, 0.1) is 7.11 Å². The van der Waals surface area contributed by atoms with Crippen molar-refractivity contribution in [2.24, 2.45) is 11.8 Å². The number of rotatable bonds is 7. The lowest BCUT2D eigenvalue weighted by molar-refractivity contribution is -0.126. The van der Waals surface area contributed by atoms with Crippen molar-refractivity contribution in [1.29, 1.82) is 0 Å². The van der Waals surface area contributed by atoms with Crippen LogP contribution in [0.4, 0.5) is 0 Å². The van der Waals surface area contributed by atoms with Crippen molar-refractivity contribution in [3.05, 3.63) is 30.0 Å². The van der Waals surface area contributed by atoms with Crippen molar-refractivity contribution in [1.82, 2.24) is 20.1 Å². The van der Waals surface area contributed by atoms with Crippen molar-refractivity contribution in [2.75, 3.05) is 39.8 Å². The van der Waals surface area contributed by atoms with Gasteiger partial charge in [0.15, 0.2) is 0 Å². The van der Waals surface area contributed by atoms with Gasteiger partial charge in [0.2, 0.25) is 5.91 Å². The molecule has 1 aromatic heterocycles. The van der Waals surface area contributed by atoms with Crippen LogP contribution in [0.1, 0.15) is 56.4 Å². The molecule has 3 heterocycles. The van der Waals surface area contributed by atoms with Crippen molar-refractivity contribution in [3.63, 3.8) is 0 Å². The van der Waals surface area contributed by atoms with Crippen LogP contribution in [0.15, 0.2) is 24.3 Å². The van der Waals surface area contributed by atoms with Gasteiger partial charge in [0.1, 0.15) is 11.4 Å². The van der Waals surface area contributed by atoms with Gasteiger partial charge in [0, 0.05) is 55.1 Å². The number of ether oxygens (including phenoxy) is 1. The smallest absolute Gasteiger partial charge is 0.270 e. The average molecular weight is 455 g/mol. The summed E-state index contributed by atoms with van der Waals surface area (Å²) in [5.41, 5.74) is 1.51. The molecule has 0 aliphatic carbocycles. The molecule has 2 amide bonds. The molecule has 2 saturated heterocycles. The van der Waals surface area contributed by atoms with E-state index in [1.165, 1.54) is 19.3 Å². The highest BCUT2D eigenvalue weighted by Gasteiger charge is 2.30. The predicted molar refractivity (Wildman–Crippen MR) is 131 cm³/mol. The van der Waals surface area contributed by atoms with Gasteiger partial charge in [-0.25, -0.2) is 0 Å². The number of piperidine rings is 2. The average Bonchev–Trinajstić information content (AvgIpc) is 3.27. The third-order valence-corrected chi connectivity index (χ3v) is 7.65. The molecule has 2 unspecified atom stereocenters. The molecule has 1 aromatic carbocycles. The molecule has 2 aliphatic rings. The van der Waals surface area contributed by atoms with E-state index >= 15 is 0 Å². The fraction of sp³-hybridized carbons (Fsp3) is 0.615. The van der Waals surface area contributed by atoms with Crippen LogP contribution >= 0.6 is 0 Å². The molecular formula is C26H38N4O3. The van der Waals surface area contributed by atoms with Crippen LogP contribution in [0.3, 0.4) is 0 Å². The zero-order chi connectivity index (χ0) is 23.4. The summed E-state index contributed by atoms with van der Waals surface area (Å²) in [5.74, 6) is 1.23. The second-order valence-electron chi connectivity index (χ2n) is 9.73. The number of nitrogens with zero attached hydrogens (tertiary/aromatic N) is 2. The lowest BCUT2D eigenvalue weighted by Gasteiger charge is -2.35. The van der Waals surface area contributed by atoms with Crippen LogP contribution < -0.4 is 10.1 Å². The van der Waals surface area contributed by atoms with E-state index in [9.17, 15) is 9.59 Å². The maximum atomic E-state index is 13.0. The molecule has 0 bridgehead atoms. The molecule has 2 N–H and O–H groups in total. The topological polar surface area (TPSA) is 77.7 Å². The number of benzene rings is 1. The number of hydrogen-bond donors (Lipinski definition) is 2. The third-order valence-electron chi connectivity index (χ3n) is 7.65. The Hall–Kier alpha value is -2.54. The number of H-pyrrole nitrogens is 1. The van der Waals surface area contributed by atoms with Crippen molar-refractivity contribution >= 4 is 22.7 Å². The van der Waals surface area contributed by atoms with Gasteiger partial charge in [-0.1, -0.05) is 13.3 Å². The number of methoxy groups -OCH3 is 1. The van der Waals surface area contributed by atoms with Crippen LogP contribution in [0.2, 0.25) is 0 Å². The first kappa shape index (κ1) is 23.6. The van der Waals surface area contributed by atoms with E-state index in [1.807, 2.05) is 36.1 Å². The van der Waals surface area contributed by atoms with Gasteiger partial charge in [-0.05, 0) is 63.3 Å². The van der Waals surface area contributed by atoms with Crippen molar-refractivity contribution in [2.45, 2.75) is 52.0 Å². The van der Waals surface area contributed by atoms with Gasteiger partial charge >= 0.3 is 0 Å². The molecule has 0 radical (unpaired) electrons. The van der Waals surface area contributed by atoms with Crippen LogP contribution in [0.25, 0.3) is 10.9 Å². The number of amides is 2. The summed E-state index contributed by atoms with van der Waals surface area (Å²) in [6.45, 7) is 8.48. The van der Waals surface area contributed by atoms with E-state index < -0.39 is 0 Å². The lowest BCUT2D eigenvalue weighted by atomic mass is 9.84. The van der Waals surface area contributed by atoms with E-state index in [4.69, 9.17) is 4.74 Å². The molecule has 2 atom stereocenters. The van der Waals surface area contributed by atoms with Gasteiger partial charge < -0.3 is 19.9 Å². The molecule has 2 fully saturated rings. The van der Waals surface area contributed by atoms with Crippen LogP contribution in [0, 0.1) is 11.8 Å². The predicted octanol–water partition coefficient (Wildman–Crippen LogP) is 3.66. The summed E-state index contributed by atoms with van der Waals surface area (Å²) >= 11 is 0. The Bertz CT molecular complexity index is 964. The van der Waals surface area contributed by atoms with Crippen LogP contribution in [-0.4, -0.2) is 72.5 Å². The Morgan fingerprint density at radius 1 is 1.15 bits per heavy atom. The summed E-state index contributed by atoms with van der Waals surface area (Å²) in [6.07, 6.45) is 5.55. The van der Waals surface area contributed by atoms with Crippen LogP contribution in [-0.2, 0) is 4.79 Å². The third kappa shape index (κ3) is 5.52. The fourth-order valence-electron chi connectivity index (χ4n) is 5.31.